The van der Waals surface area contributed by atoms with Crippen molar-refractivity contribution >= 4 is 11.6 Å². The van der Waals surface area contributed by atoms with Crippen LogP contribution in [0.2, 0.25) is 0 Å². The molecule has 0 atom stereocenters. The lowest BCUT2D eigenvalue weighted by atomic mass is 9.95. The van der Waals surface area contributed by atoms with E-state index in [0.717, 1.165) is 18.7 Å². The van der Waals surface area contributed by atoms with Gasteiger partial charge in [-0.25, -0.2) is 14.4 Å². The molecule has 1 aliphatic rings. The van der Waals surface area contributed by atoms with Crippen LogP contribution in [0, 0.1) is 5.82 Å². The minimum absolute atomic E-state index is 0.261. The van der Waals surface area contributed by atoms with Crippen LogP contribution in [-0.4, -0.2) is 20.4 Å². The van der Waals surface area contributed by atoms with Gasteiger partial charge in [-0.3, -0.25) is 4.40 Å². The third-order valence-electron chi connectivity index (χ3n) is 4.48. The van der Waals surface area contributed by atoms with Gasteiger partial charge in [-0.1, -0.05) is 31.4 Å². The smallest absolute Gasteiger partial charge is 0.235 e. The Hall–Kier alpha value is -2.43. The monoisotopic (exact) mass is 310 g/mol. The molecule has 0 saturated heterocycles. The van der Waals surface area contributed by atoms with E-state index in [2.05, 4.69) is 15.3 Å². The van der Waals surface area contributed by atoms with Crippen LogP contribution in [0.15, 0.2) is 42.7 Å². The molecule has 1 aliphatic carbocycles. The van der Waals surface area contributed by atoms with E-state index in [0.29, 0.717) is 23.1 Å². The fourth-order valence-electron chi connectivity index (χ4n) is 3.31. The maximum Gasteiger partial charge on any atom is 0.235 e. The van der Waals surface area contributed by atoms with E-state index in [1.54, 1.807) is 18.3 Å². The highest BCUT2D eigenvalue weighted by Gasteiger charge is 2.21. The zero-order valence-electron chi connectivity index (χ0n) is 12.9. The minimum atomic E-state index is -0.261. The topological polar surface area (TPSA) is 42.2 Å². The van der Waals surface area contributed by atoms with Crippen molar-refractivity contribution in [2.24, 2.45) is 0 Å². The number of halogens is 1. The van der Waals surface area contributed by atoms with Gasteiger partial charge < -0.3 is 5.32 Å². The van der Waals surface area contributed by atoms with Crippen LogP contribution in [0.4, 0.5) is 10.2 Å². The molecular formula is C18H19FN4. The van der Waals surface area contributed by atoms with Crippen molar-refractivity contribution < 1.29 is 4.39 Å². The predicted octanol–water partition coefficient (Wildman–Crippen LogP) is 4.28. The van der Waals surface area contributed by atoms with Crippen molar-refractivity contribution in [1.29, 1.82) is 0 Å². The molecule has 118 valence electrons. The molecule has 0 spiro atoms. The lowest BCUT2D eigenvalue weighted by Crippen LogP contribution is -2.23. The second kappa shape index (κ2) is 5.99. The Balaban J connectivity index is 1.83. The van der Waals surface area contributed by atoms with E-state index in [1.165, 1.54) is 25.3 Å². The first-order valence-electron chi connectivity index (χ1n) is 8.17. The maximum atomic E-state index is 14.3. The summed E-state index contributed by atoms with van der Waals surface area (Å²) in [5, 5.41) is 3.59. The van der Waals surface area contributed by atoms with E-state index in [9.17, 15) is 4.39 Å². The standard InChI is InChI=1S/C18H19FN4/c19-15-10-5-4-9-14(15)16-17(21-13-7-2-1-3-8-13)23-12-6-11-20-18(23)22-16/h4-6,9-13,21H,1-3,7-8H2. The van der Waals surface area contributed by atoms with Crippen LogP contribution in [-0.2, 0) is 0 Å². The Morgan fingerprint density at radius 2 is 1.91 bits per heavy atom. The van der Waals surface area contributed by atoms with Crippen molar-refractivity contribution in [2.75, 3.05) is 5.32 Å². The quantitative estimate of drug-likeness (QED) is 0.785. The number of fused-ring (bicyclic) bond motifs is 1. The van der Waals surface area contributed by atoms with Gasteiger partial charge >= 0.3 is 0 Å². The summed E-state index contributed by atoms with van der Waals surface area (Å²) >= 11 is 0. The summed E-state index contributed by atoms with van der Waals surface area (Å²) in [7, 11) is 0. The van der Waals surface area contributed by atoms with Crippen molar-refractivity contribution in [3.63, 3.8) is 0 Å². The number of aromatic nitrogens is 3. The normalized spacial score (nSPS) is 15.9. The van der Waals surface area contributed by atoms with Gasteiger partial charge in [0.05, 0.1) is 0 Å². The maximum absolute atomic E-state index is 14.3. The Kier molecular flexibility index (Phi) is 3.69. The molecule has 1 aromatic carbocycles. The van der Waals surface area contributed by atoms with E-state index in [1.807, 2.05) is 22.7 Å². The van der Waals surface area contributed by atoms with E-state index >= 15 is 0 Å². The number of imidazole rings is 1. The molecular weight excluding hydrogens is 291 g/mol. The second-order valence-electron chi connectivity index (χ2n) is 6.06. The average Bonchev–Trinajstić information content (AvgIpc) is 2.95. The molecule has 23 heavy (non-hydrogen) atoms. The van der Waals surface area contributed by atoms with Crippen LogP contribution in [0.3, 0.4) is 0 Å². The molecule has 4 rings (SSSR count). The summed E-state index contributed by atoms with van der Waals surface area (Å²) in [6.45, 7) is 0. The fourth-order valence-corrected chi connectivity index (χ4v) is 3.31. The lowest BCUT2D eigenvalue weighted by Gasteiger charge is -2.24. The van der Waals surface area contributed by atoms with E-state index in [-0.39, 0.29) is 5.82 Å². The largest absolute Gasteiger partial charge is 0.367 e. The lowest BCUT2D eigenvalue weighted by molar-refractivity contribution is 0.461. The number of nitrogens with one attached hydrogen (secondary N) is 1. The first-order chi connectivity index (χ1) is 11.3. The molecule has 0 bridgehead atoms. The molecule has 2 aromatic heterocycles. The number of nitrogens with zero attached hydrogens (tertiary/aromatic N) is 3. The SMILES string of the molecule is Fc1ccccc1-c1nc2ncccn2c1NC1CCCCC1. The number of rotatable bonds is 3. The predicted molar refractivity (Wildman–Crippen MR) is 88.9 cm³/mol. The van der Waals surface area contributed by atoms with Crippen LogP contribution in [0.5, 0.6) is 0 Å². The first-order valence-corrected chi connectivity index (χ1v) is 8.17. The van der Waals surface area contributed by atoms with Gasteiger partial charge in [0, 0.05) is 24.0 Å². The molecule has 4 nitrogen and oxygen atoms in total. The van der Waals surface area contributed by atoms with Gasteiger partial charge in [-0.05, 0) is 31.0 Å². The third-order valence-corrected chi connectivity index (χ3v) is 4.48. The van der Waals surface area contributed by atoms with Crippen LogP contribution in [0.1, 0.15) is 32.1 Å². The summed E-state index contributed by atoms with van der Waals surface area (Å²) in [4.78, 5) is 8.86. The Bertz CT molecular complexity index is 821. The number of benzene rings is 1. The van der Waals surface area contributed by atoms with Crippen molar-refractivity contribution in [2.45, 2.75) is 38.1 Å². The van der Waals surface area contributed by atoms with Crippen molar-refractivity contribution in [1.82, 2.24) is 14.4 Å². The van der Waals surface area contributed by atoms with E-state index in [4.69, 9.17) is 0 Å². The highest BCUT2D eigenvalue weighted by atomic mass is 19.1. The van der Waals surface area contributed by atoms with Gasteiger partial charge in [0.2, 0.25) is 5.78 Å². The average molecular weight is 310 g/mol. The summed E-state index contributed by atoms with van der Waals surface area (Å²) < 4.78 is 16.2. The Labute approximate surface area is 134 Å². The molecule has 0 unspecified atom stereocenters. The highest BCUT2D eigenvalue weighted by molar-refractivity contribution is 5.76. The highest BCUT2D eigenvalue weighted by Crippen LogP contribution is 2.32. The van der Waals surface area contributed by atoms with Gasteiger partial charge in [0.1, 0.15) is 17.3 Å². The summed E-state index contributed by atoms with van der Waals surface area (Å²) in [6, 6.07) is 9.04. The number of anilines is 1. The van der Waals surface area contributed by atoms with E-state index < -0.39 is 0 Å². The van der Waals surface area contributed by atoms with Gasteiger partial charge in [0.15, 0.2) is 0 Å². The molecule has 3 aromatic rings. The fraction of sp³-hybridized carbons (Fsp3) is 0.333. The second-order valence-corrected chi connectivity index (χ2v) is 6.06. The number of hydrogen-bond donors (Lipinski definition) is 1. The molecule has 1 saturated carbocycles. The minimum Gasteiger partial charge on any atom is -0.367 e. The molecule has 1 N–H and O–H groups in total. The molecule has 1 fully saturated rings. The molecule has 0 aliphatic heterocycles. The zero-order valence-corrected chi connectivity index (χ0v) is 12.9. The molecule has 0 amide bonds. The molecule has 5 heteroatoms. The Morgan fingerprint density at radius 3 is 2.74 bits per heavy atom. The Morgan fingerprint density at radius 1 is 1.09 bits per heavy atom. The van der Waals surface area contributed by atoms with Crippen molar-refractivity contribution in [3.05, 3.63) is 48.5 Å². The van der Waals surface area contributed by atoms with Crippen LogP contribution < -0.4 is 5.32 Å². The summed E-state index contributed by atoms with van der Waals surface area (Å²) in [5.74, 6) is 1.16. The summed E-state index contributed by atoms with van der Waals surface area (Å²) in [6.07, 6.45) is 9.69. The van der Waals surface area contributed by atoms with Gasteiger partial charge in [-0.2, -0.15) is 0 Å². The van der Waals surface area contributed by atoms with Crippen molar-refractivity contribution in [3.8, 4) is 11.3 Å². The van der Waals surface area contributed by atoms with Crippen LogP contribution in [0.25, 0.3) is 17.0 Å². The summed E-state index contributed by atoms with van der Waals surface area (Å²) in [5.41, 5.74) is 1.14. The molecule has 0 radical (unpaired) electrons. The van der Waals surface area contributed by atoms with Crippen LogP contribution >= 0.6 is 0 Å². The zero-order chi connectivity index (χ0) is 15.6. The molecule has 2 heterocycles. The van der Waals surface area contributed by atoms with Gasteiger partial charge in [0.25, 0.3) is 0 Å². The third kappa shape index (κ3) is 2.67. The first kappa shape index (κ1) is 14.2. The number of hydrogen-bond acceptors (Lipinski definition) is 3. The van der Waals surface area contributed by atoms with Gasteiger partial charge in [-0.15, -0.1) is 0 Å².